The highest BCUT2D eigenvalue weighted by molar-refractivity contribution is 9.10. The monoisotopic (exact) mass is 404 g/mol. The largest absolute Gasteiger partial charge is 0.491 e. The molecule has 6 heteroatoms. The average Bonchev–Trinajstić information content (AvgIpc) is 3.15. The third-order valence-electron chi connectivity index (χ3n) is 3.92. The molecule has 0 spiro atoms. The Morgan fingerprint density at radius 3 is 2.72 bits per heavy atom. The van der Waals surface area contributed by atoms with Crippen LogP contribution >= 0.6 is 15.9 Å². The molecule has 2 N–H and O–H groups in total. The van der Waals surface area contributed by atoms with Crippen LogP contribution in [-0.4, -0.2) is 31.8 Å². The van der Waals surface area contributed by atoms with Crippen molar-refractivity contribution >= 4 is 33.2 Å². The summed E-state index contributed by atoms with van der Waals surface area (Å²) < 4.78 is 12.1. The van der Waals surface area contributed by atoms with Crippen LogP contribution in [-0.2, 0) is 9.53 Å². The molecule has 132 valence electrons. The van der Waals surface area contributed by atoms with Crippen LogP contribution < -0.4 is 15.4 Å². The topological polar surface area (TPSA) is 59.6 Å². The summed E-state index contributed by atoms with van der Waals surface area (Å²) >= 11 is 3.41. The lowest BCUT2D eigenvalue weighted by Crippen LogP contribution is -2.21. The first kappa shape index (κ1) is 17.8. The Hall–Kier alpha value is -2.05. The van der Waals surface area contributed by atoms with E-state index in [0.29, 0.717) is 6.61 Å². The molecule has 1 saturated heterocycles. The van der Waals surface area contributed by atoms with E-state index in [9.17, 15) is 4.79 Å². The van der Waals surface area contributed by atoms with Crippen LogP contribution in [0.15, 0.2) is 53.0 Å². The lowest BCUT2D eigenvalue weighted by atomic mass is 10.2. The number of nitrogens with one attached hydrogen (secondary N) is 2. The van der Waals surface area contributed by atoms with Gasteiger partial charge in [-0.15, -0.1) is 0 Å². The van der Waals surface area contributed by atoms with Gasteiger partial charge in [0.25, 0.3) is 0 Å². The third-order valence-corrected chi connectivity index (χ3v) is 4.61. The van der Waals surface area contributed by atoms with E-state index < -0.39 is 0 Å². The van der Waals surface area contributed by atoms with E-state index in [1.165, 1.54) is 0 Å². The molecule has 1 unspecified atom stereocenters. The molecule has 1 aliphatic rings. The second-order valence-electron chi connectivity index (χ2n) is 5.85. The van der Waals surface area contributed by atoms with Crippen molar-refractivity contribution in [2.24, 2.45) is 0 Å². The third kappa shape index (κ3) is 5.47. The molecule has 1 fully saturated rings. The summed E-state index contributed by atoms with van der Waals surface area (Å²) in [5.74, 6) is 0.698. The van der Waals surface area contributed by atoms with Crippen molar-refractivity contribution < 1.29 is 14.3 Å². The van der Waals surface area contributed by atoms with Crippen LogP contribution in [0.1, 0.15) is 12.8 Å². The number of anilines is 2. The molecule has 1 amide bonds. The molecule has 3 rings (SSSR count). The number of rotatable bonds is 7. The molecule has 5 nitrogen and oxygen atoms in total. The first-order valence-corrected chi connectivity index (χ1v) is 9.13. The van der Waals surface area contributed by atoms with Gasteiger partial charge in [-0.2, -0.15) is 0 Å². The predicted molar refractivity (Wildman–Crippen MR) is 102 cm³/mol. The molecule has 2 aromatic rings. The van der Waals surface area contributed by atoms with E-state index in [1.807, 2.05) is 48.5 Å². The fourth-order valence-corrected chi connectivity index (χ4v) is 2.96. The predicted octanol–water partition coefficient (Wildman–Crippen LogP) is 4.06. The molecule has 0 aromatic heterocycles. The van der Waals surface area contributed by atoms with Crippen LogP contribution in [0.4, 0.5) is 11.4 Å². The Bertz CT molecular complexity index is 700. The highest BCUT2D eigenvalue weighted by atomic mass is 79.9. The summed E-state index contributed by atoms with van der Waals surface area (Å²) in [5, 5.41) is 5.96. The number of carbonyl (C=O) groups is 1. The number of ether oxygens (including phenoxy) is 2. The lowest BCUT2D eigenvalue weighted by Gasteiger charge is -2.12. The minimum absolute atomic E-state index is 0.106. The van der Waals surface area contributed by atoms with Crippen molar-refractivity contribution in [3.63, 3.8) is 0 Å². The Balaban J connectivity index is 1.43. The second-order valence-corrected chi connectivity index (χ2v) is 6.71. The van der Waals surface area contributed by atoms with Gasteiger partial charge in [0, 0.05) is 16.8 Å². The first-order valence-electron chi connectivity index (χ1n) is 8.33. The van der Waals surface area contributed by atoms with Crippen LogP contribution in [0.25, 0.3) is 0 Å². The molecule has 2 aromatic carbocycles. The molecular weight excluding hydrogens is 384 g/mol. The zero-order valence-corrected chi connectivity index (χ0v) is 15.4. The average molecular weight is 405 g/mol. The first-order chi connectivity index (χ1) is 12.2. The van der Waals surface area contributed by atoms with Gasteiger partial charge in [0.2, 0.25) is 5.91 Å². The molecule has 1 atom stereocenters. The number of benzene rings is 2. The minimum Gasteiger partial charge on any atom is -0.491 e. The molecule has 1 aliphatic heterocycles. The van der Waals surface area contributed by atoms with Gasteiger partial charge >= 0.3 is 0 Å². The summed E-state index contributed by atoms with van der Waals surface area (Å²) in [6.45, 7) is 1.61. The van der Waals surface area contributed by atoms with Gasteiger partial charge in [-0.1, -0.05) is 12.1 Å². The maximum atomic E-state index is 12.0. The van der Waals surface area contributed by atoms with E-state index in [0.717, 1.165) is 41.0 Å². The van der Waals surface area contributed by atoms with Gasteiger partial charge in [-0.25, -0.2) is 0 Å². The fourth-order valence-electron chi connectivity index (χ4n) is 2.57. The Morgan fingerprint density at radius 1 is 1.20 bits per heavy atom. The smallest absolute Gasteiger partial charge is 0.243 e. The molecule has 0 bridgehead atoms. The maximum Gasteiger partial charge on any atom is 0.243 e. The molecule has 25 heavy (non-hydrogen) atoms. The molecular formula is C19H21BrN2O3. The zero-order valence-electron chi connectivity index (χ0n) is 13.8. The number of para-hydroxylation sites is 1. The van der Waals surface area contributed by atoms with Crippen molar-refractivity contribution in [3.05, 3.63) is 53.0 Å². The standard InChI is InChI=1S/C19H21BrN2O3/c20-17-5-1-2-6-18(17)22-19(23)12-21-14-7-9-15(10-8-14)25-13-16-4-3-11-24-16/h1-2,5-10,16,21H,3-4,11-13H2,(H,22,23). The van der Waals surface area contributed by atoms with Crippen molar-refractivity contribution in [2.45, 2.75) is 18.9 Å². The molecule has 1 heterocycles. The van der Waals surface area contributed by atoms with Gasteiger partial charge in [-0.05, 0) is 65.2 Å². The zero-order chi connectivity index (χ0) is 17.5. The summed E-state index contributed by atoms with van der Waals surface area (Å²) in [6.07, 6.45) is 2.38. The lowest BCUT2D eigenvalue weighted by molar-refractivity contribution is -0.114. The Labute approximate surface area is 155 Å². The summed E-state index contributed by atoms with van der Waals surface area (Å²) in [7, 11) is 0. The summed E-state index contributed by atoms with van der Waals surface area (Å²) in [5.41, 5.74) is 1.62. The van der Waals surface area contributed by atoms with E-state index in [1.54, 1.807) is 0 Å². The van der Waals surface area contributed by atoms with Gasteiger partial charge in [0.1, 0.15) is 12.4 Å². The van der Waals surface area contributed by atoms with Crippen molar-refractivity contribution in [1.82, 2.24) is 0 Å². The van der Waals surface area contributed by atoms with Crippen molar-refractivity contribution in [2.75, 3.05) is 30.4 Å². The van der Waals surface area contributed by atoms with Crippen LogP contribution in [0, 0.1) is 0 Å². The molecule has 0 aliphatic carbocycles. The van der Waals surface area contributed by atoms with E-state index in [-0.39, 0.29) is 18.6 Å². The Morgan fingerprint density at radius 2 is 2.00 bits per heavy atom. The summed E-state index contributed by atoms with van der Waals surface area (Å²) in [4.78, 5) is 12.0. The van der Waals surface area contributed by atoms with Gasteiger partial charge in [-0.3, -0.25) is 4.79 Å². The van der Waals surface area contributed by atoms with Gasteiger partial charge in [0.05, 0.1) is 18.3 Å². The highest BCUT2D eigenvalue weighted by Gasteiger charge is 2.15. The van der Waals surface area contributed by atoms with Crippen molar-refractivity contribution in [3.8, 4) is 5.75 Å². The quantitative estimate of drug-likeness (QED) is 0.730. The summed E-state index contributed by atoms with van der Waals surface area (Å²) in [6, 6.07) is 15.1. The second kappa shape index (κ2) is 8.87. The van der Waals surface area contributed by atoms with E-state index >= 15 is 0 Å². The Kier molecular flexibility index (Phi) is 6.30. The number of amides is 1. The SMILES string of the molecule is O=C(CNc1ccc(OCC2CCCO2)cc1)Nc1ccccc1Br. The van der Waals surface area contributed by atoms with Gasteiger partial charge in [0.15, 0.2) is 0 Å². The van der Waals surface area contributed by atoms with E-state index in [4.69, 9.17) is 9.47 Å². The van der Waals surface area contributed by atoms with Crippen LogP contribution in [0.5, 0.6) is 5.75 Å². The van der Waals surface area contributed by atoms with Crippen LogP contribution in [0.3, 0.4) is 0 Å². The number of halogens is 1. The normalized spacial score (nSPS) is 16.4. The fraction of sp³-hybridized carbons (Fsp3) is 0.316. The molecule has 0 radical (unpaired) electrons. The van der Waals surface area contributed by atoms with E-state index in [2.05, 4.69) is 26.6 Å². The molecule has 0 saturated carbocycles. The van der Waals surface area contributed by atoms with Crippen molar-refractivity contribution in [1.29, 1.82) is 0 Å². The number of hydrogen-bond acceptors (Lipinski definition) is 4. The number of hydrogen-bond donors (Lipinski definition) is 2. The van der Waals surface area contributed by atoms with Gasteiger partial charge < -0.3 is 20.1 Å². The maximum absolute atomic E-state index is 12.0. The highest BCUT2D eigenvalue weighted by Crippen LogP contribution is 2.21. The number of carbonyl (C=O) groups excluding carboxylic acids is 1. The van der Waals surface area contributed by atoms with Crippen LogP contribution in [0.2, 0.25) is 0 Å². The minimum atomic E-state index is -0.106.